The molecule has 2 heterocycles. The van der Waals surface area contributed by atoms with Crippen molar-refractivity contribution < 1.29 is 4.92 Å². The van der Waals surface area contributed by atoms with Gasteiger partial charge in [-0.25, -0.2) is 0 Å². The van der Waals surface area contributed by atoms with Gasteiger partial charge >= 0.3 is 0 Å². The van der Waals surface area contributed by atoms with Crippen molar-refractivity contribution in [1.82, 2.24) is 9.38 Å². The number of nitro groups is 1. The van der Waals surface area contributed by atoms with Crippen molar-refractivity contribution in [2.24, 2.45) is 0 Å². The first-order valence-corrected chi connectivity index (χ1v) is 4.33. The maximum absolute atomic E-state index is 10.7. The average molecular weight is 191 g/mol. The SMILES string of the molecule is CCc1nccn2ccc([N+](=O)[O-])c12. The molecule has 0 amide bonds. The second-order valence-electron chi connectivity index (χ2n) is 2.94. The van der Waals surface area contributed by atoms with Gasteiger partial charge < -0.3 is 4.40 Å². The Morgan fingerprint density at radius 2 is 2.36 bits per heavy atom. The summed E-state index contributed by atoms with van der Waals surface area (Å²) in [5.74, 6) is 0. The maximum Gasteiger partial charge on any atom is 0.296 e. The van der Waals surface area contributed by atoms with Gasteiger partial charge in [0, 0.05) is 24.7 Å². The van der Waals surface area contributed by atoms with E-state index in [2.05, 4.69) is 4.98 Å². The highest BCUT2D eigenvalue weighted by molar-refractivity contribution is 5.68. The molecule has 0 aromatic carbocycles. The van der Waals surface area contributed by atoms with Gasteiger partial charge in [-0.05, 0) is 6.42 Å². The zero-order chi connectivity index (χ0) is 10.1. The van der Waals surface area contributed by atoms with E-state index in [9.17, 15) is 10.1 Å². The normalized spacial score (nSPS) is 10.6. The molecule has 0 atom stereocenters. The number of nitrogens with zero attached hydrogens (tertiary/aromatic N) is 3. The summed E-state index contributed by atoms with van der Waals surface area (Å²) in [6.07, 6.45) is 5.72. The van der Waals surface area contributed by atoms with Gasteiger partial charge in [0.25, 0.3) is 5.69 Å². The summed E-state index contributed by atoms with van der Waals surface area (Å²) in [6.45, 7) is 1.93. The lowest BCUT2D eigenvalue weighted by Gasteiger charge is -1.99. The van der Waals surface area contributed by atoms with E-state index in [0.717, 1.165) is 5.69 Å². The molecule has 72 valence electrons. The zero-order valence-electron chi connectivity index (χ0n) is 7.67. The van der Waals surface area contributed by atoms with Crippen LogP contribution in [0.1, 0.15) is 12.6 Å². The number of hydrogen-bond acceptors (Lipinski definition) is 3. The van der Waals surface area contributed by atoms with Gasteiger partial charge in [0.15, 0.2) is 0 Å². The van der Waals surface area contributed by atoms with Crippen LogP contribution < -0.4 is 0 Å². The van der Waals surface area contributed by atoms with Crippen LogP contribution in [0.25, 0.3) is 5.52 Å². The van der Waals surface area contributed by atoms with E-state index in [1.165, 1.54) is 6.07 Å². The van der Waals surface area contributed by atoms with Crippen molar-refractivity contribution in [3.63, 3.8) is 0 Å². The second-order valence-corrected chi connectivity index (χ2v) is 2.94. The van der Waals surface area contributed by atoms with E-state index in [1.54, 1.807) is 23.0 Å². The minimum Gasteiger partial charge on any atom is -0.315 e. The number of aromatic nitrogens is 2. The standard InChI is InChI=1S/C9H9N3O2/c1-2-7-9-8(12(13)14)3-5-11(9)6-4-10-7/h3-6H,2H2,1H3. The Morgan fingerprint density at radius 3 is 3.00 bits per heavy atom. The topological polar surface area (TPSA) is 60.4 Å². The summed E-state index contributed by atoms with van der Waals surface area (Å²) in [4.78, 5) is 14.4. The Morgan fingerprint density at radius 1 is 1.57 bits per heavy atom. The van der Waals surface area contributed by atoms with Gasteiger partial charge in [-0.1, -0.05) is 6.92 Å². The molecule has 0 saturated carbocycles. The van der Waals surface area contributed by atoms with Crippen LogP contribution in [0.5, 0.6) is 0 Å². The lowest BCUT2D eigenvalue weighted by Crippen LogP contribution is -1.95. The van der Waals surface area contributed by atoms with Crippen LogP contribution in [0.15, 0.2) is 24.7 Å². The van der Waals surface area contributed by atoms with Gasteiger partial charge in [-0.15, -0.1) is 0 Å². The first-order valence-electron chi connectivity index (χ1n) is 4.33. The summed E-state index contributed by atoms with van der Waals surface area (Å²) < 4.78 is 1.73. The molecule has 5 heteroatoms. The summed E-state index contributed by atoms with van der Waals surface area (Å²) >= 11 is 0. The first-order chi connectivity index (χ1) is 6.74. The molecule has 0 aliphatic heterocycles. The van der Waals surface area contributed by atoms with Gasteiger partial charge in [-0.3, -0.25) is 15.1 Å². The Balaban J connectivity index is 2.81. The monoisotopic (exact) mass is 191 g/mol. The summed E-state index contributed by atoms with van der Waals surface area (Å²) in [5.41, 5.74) is 1.47. The third-order valence-electron chi connectivity index (χ3n) is 2.16. The van der Waals surface area contributed by atoms with Crippen LogP contribution in [0.2, 0.25) is 0 Å². The molecule has 5 nitrogen and oxygen atoms in total. The molecule has 0 aliphatic rings. The highest BCUT2D eigenvalue weighted by atomic mass is 16.6. The Bertz CT molecular complexity index is 490. The highest BCUT2D eigenvalue weighted by Gasteiger charge is 2.16. The van der Waals surface area contributed by atoms with Gasteiger partial charge in [0.05, 0.1) is 10.6 Å². The number of rotatable bonds is 2. The third-order valence-corrected chi connectivity index (χ3v) is 2.16. The van der Waals surface area contributed by atoms with Crippen molar-refractivity contribution in [2.75, 3.05) is 0 Å². The van der Waals surface area contributed by atoms with Gasteiger partial charge in [0.1, 0.15) is 5.52 Å². The molecule has 0 N–H and O–H groups in total. The summed E-state index contributed by atoms with van der Waals surface area (Å²) in [5, 5.41) is 10.7. The quantitative estimate of drug-likeness (QED) is 0.537. The molecule has 0 saturated heterocycles. The Labute approximate surface area is 80.2 Å². The van der Waals surface area contributed by atoms with Crippen LogP contribution in [0.4, 0.5) is 5.69 Å². The summed E-state index contributed by atoms with van der Waals surface area (Å²) in [6, 6.07) is 1.50. The van der Waals surface area contributed by atoms with E-state index in [0.29, 0.717) is 11.9 Å². The van der Waals surface area contributed by atoms with Crippen LogP contribution in [-0.4, -0.2) is 14.3 Å². The molecule has 0 bridgehead atoms. The largest absolute Gasteiger partial charge is 0.315 e. The Hall–Kier alpha value is -1.91. The fourth-order valence-corrected chi connectivity index (χ4v) is 1.52. The molecule has 0 unspecified atom stereocenters. The van der Waals surface area contributed by atoms with Crippen LogP contribution in [0, 0.1) is 10.1 Å². The van der Waals surface area contributed by atoms with E-state index < -0.39 is 0 Å². The smallest absolute Gasteiger partial charge is 0.296 e. The fraction of sp³-hybridized carbons (Fsp3) is 0.222. The molecular weight excluding hydrogens is 182 g/mol. The molecular formula is C9H9N3O2. The van der Waals surface area contributed by atoms with Crippen LogP contribution in [0.3, 0.4) is 0 Å². The van der Waals surface area contributed by atoms with Crippen molar-refractivity contribution in [3.05, 3.63) is 40.5 Å². The predicted octanol–water partition coefficient (Wildman–Crippen LogP) is 1.80. The van der Waals surface area contributed by atoms with Crippen molar-refractivity contribution in [3.8, 4) is 0 Å². The molecule has 0 aliphatic carbocycles. The van der Waals surface area contributed by atoms with E-state index in [4.69, 9.17) is 0 Å². The minimum absolute atomic E-state index is 0.120. The molecule has 2 aromatic rings. The van der Waals surface area contributed by atoms with Crippen molar-refractivity contribution in [1.29, 1.82) is 0 Å². The molecule has 0 radical (unpaired) electrons. The summed E-state index contributed by atoms with van der Waals surface area (Å²) in [7, 11) is 0. The Kier molecular flexibility index (Phi) is 1.92. The third kappa shape index (κ3) is 1.14. The van der Waals surface area contributed by atoms with Crippen LogP contribution >= 0.6 is 0 Å². The second kappa shape index (κ2) is 3.10. The molecule has 2 rings (SSSR count). The zero-order valence-corrected chi connectivity index (χ0v) is 7.67. The first kappa shape index (κ1) is 8.68. The average Bonchev–Trinajstić information content (AvgIpc) is 2.60. The van der Waals surface area contributed by atoms with E-state index in [-0.39, 0.29) is 10.6 Å². The lowest BCUT2D eigenvalue weighted by atomic mass is 10.2. The molecule has 0 fully saturated rings. The molecule has 14 heavy (non-hydrogen) atoms. The number of hydrogen-bond donors (Lipinski definition) is 0. The molecule has 0 spiro atoms. The van der Waals surface area contributed by atoms with E-state index in [1.807, 2.05) is 6.92 Å². The molecule has 2 aromatic heterocycles. The number of aryl methyl sites for hydroxylation is 1. The fourth-order valence-electron chi connectivity index (χ4n) is 1.52. The number of fused-ring (bicyclic) bond motifs is 1. The minimum atomic E-state index is -0.379. The predicted molar refractivity (Wildman–Crippen MR) is 51.2 cm³/mol. The van der Waals surface area contributed by atoms with Gasteiger partial charge in [0.2, 0.25) is 0 Å². The van der Waals surface area contributed by atoms with Gasteiger partial charge in [-0.2, -0.15) is 0 Å². The van der Waals surface area contributed by atoms with Crippen LogP contribution in [-0.2, 0) is 6.42 Å². The maximum atomic E-state index is 10.7. The highest BCUT2D eigenvalue weighted by Crippen LogP contribution is 2.23. The van der Waals surface area contributed by atoms with Crippen molar-refractivity contribution in [2.45, 2.75) is 13.3 Å². The van der Waals surface area contributed by atoms with Crippen molar-refractivity contribution >= 4 is 11.2 Å². The lowest BCUT2D eigenvalue weighted by molar-refractivity contribution is -0.383. The van der Waals surface area contributed by atoms with E-state index >= 15 is 0 Å².